The molecular weight excluding hydrogens is 216 g/mol. The molecule has 1 aliphatic heterocycles. The largest absolute Gasteiger partial charge is 0.438 e. The number of ketones is 1. The average Bonchev–Trinajstić information content (AvgIpc) is 2.61. The number of hydrogen-bond donors (Lipinski definition) is 3. The van der Waals surface area contributed by atoms with Crippen LogP contribution in [0, 0.1) is 5.92 Å². The Bertz CT molecular complexity index is 304. The Morgan fingerprint density at radius 3 is 2.75 bits per heavy atom. The normalized spacial score (nSPS) is 21.3. The van der Waals surface area contributed by atoms with Crippen LogP contribution >= 0.6 is 0 Å². The van der Waals surface area contributed by atoms with E-state index in [0.717, 1.165) is 0 Å². The Balaban J connectivity index is 2.58. The van der Waals surface area contributed by atoms with Crippen LogP contribution in [0.4, 0.5) is 4.79 Å². The molecule has 1 fully saturated rings. The number of aliphatic hydroxyl groups excluding tert-OH is 1. The number of rotatable bonds is 5. The zero-order valence-corrected chi connectivity index (χ0v) is 8.64. The summed E-state index contributed by atoms with van der Waals surface area (Å²) in [5.41, 5.74) is 4.80. The van der Waals surface area contributed by atoms with Gasteiger partial charge in [-0.1, -0.05) is 0 Å². The summed E-state index contributed by atoms with van der Waals surface area (Å²) < 4.78 is 4.56. The lowest BCUT2D eigenvalue weighted by atomic mass is 9.98. The minimum Gasteiger partial charge on any atom is -0.438 e. The molecule has 0 radical (unpaired) electrons. The summed E-state index contributed by atoms with van der Waals surface area (Å²) in [5, 5.41) is 11.3. The molecule has 1 aliphatic rings. The maximum Gasteiger partial charge on any atom is 0.405 e. The predicted octanol–water partition coefficient (Wildman–Crippen LogP) is -1.46. The minimum atomic E-state index is -1.14. The van der Waals surface area contributed by atoms with Crippen LogP contribution in [-0.2, 0) is 14.3 Å². The van der Waals surface area contributed by atoms with Gasteiger partial charge in [0.1, 0.15) is 6.61 Å². The Hall–Kier alpha value is -1.63. The molecule has 1 heterocycles. The monoisotopic (exact) mass is 230 g/mol. The first-order valence-electron chi connectivity index (χ1n) is 4.92. The number of carbonyl (C=O) groups excluding carboxylic acids is 3. The first kappa shape index (κ1) is 12.4. The molecule has 0 aromatic carbocycles. The molecule has 0 aromatic heterocycles. The van der Waals surface area contributed by atoms with E-state index in [-0.39, 0.29) is 18.2 Å². The van der Waals surface area contributed by atoms with Crippen molar-refractivity contribution >= 4 is 17.8 Å². The number of aliphatic hydroxyl groups is 1. The van der Waals surface area contributed by atoms with E-state index in [2.05, 4.69) is 10.1 Å². The standard InChI is InChI=1S/C9H14N2O5/c10-9(15)16-7(6(13)4-12)3-5-1-2-11-8(5)14/h5,7,12H,1-4H2,(H2,10,15)(H,11,14)/t5-,7-/m0/s1. The van der Waals surface area contributed by atoms with E-state index >= 15 is 0 Å². The Morgan fingerprint density at radius 1 is 1.62 bits per heavy atom. The van der Waals surface area contributed by atoms with Gasteiger partial charge < -0.3 is 20.9 Å². The summed E-state index contributed by atoms with van der Waals surface area (Å²) in [7, 11) is 0. The van der Waals surface area contributed by atoms with Gasteiger partial charge in [-0.3, -0.25) is 9.59 Å². The van der Waals surface area contributed by atoms with E-state index < -0.39 is 24.6 Å². The van der Waals surface area contributed by atoms with Gasteiger partial charge in [-0.05, 0) is 6.42 Å². The molecule has 0 aliphatic carbocycles. The number of carbonyl (C=O) groups is 3. The zero-order chi connectivity index (χ0) is 12.1. The van der Waals surface area contributed by atoms with Crippen LogP contribution in [0.25, 0.3) is 0 Å². The second-order valence-corrected chi connectivity index (χ2v) is 3.56. The summed E-state index contributed by atoms with van der Waals surface area (Å²) in [4.78, 5) is 33.0. The number of ether oxygens (including phenoxy) is 1. The molecule has 7 nitrogen and oxygen atoms in total. The molecule has 1 saturated heterocycles. The van der Waals surface area contributed by atoms with Crippen LogP contribution in [0.2, 0.25) is 0 Å². The van der Waals surface area contributed by atoms with Gasteiger partial charge in [0.25, 0.3) is 0 Å². The van der Waals surface area contributed by atoms with Gasteiger partial charge in [0, 0.05) is 18.9 Å². The van der Waals surface area contributed by atoms with Crippen molar-refractivity contribution in [3.8, 4) is 0 Å². The molecule has 2 amide bonds. The van der Waals surface area contributed by atoms with E-state index in [1.807, 2.05) is 0 Å². The van der Waals surface area contributed by atoms with Crippen molar-refractivity contribution in [3.05, 3.63) is 0 Å². The minimum absolute atomic E-state index is 0.0637. The summed E-state index contributed by atoms with van der Waals surface area (Å²) in [6.07, 6.45) is -1.59. The molecule has 0 saturated carbocycles. The van der Waals surface area contributed by atoms with Gasteiger partial charge in [-0.15, -0.1) is 0 Å². The second-order valence-electron chi connectivity index (χ2n) is 3.56. The lowest BCUT2D eigenvalue weighted by molar-refractivity contribution is -0.132. The number of nitrogens with one attached hydrogen (secondary N) is 1. The number of primary amides is 1. The van der Waals surface area contributed by atoms with Crippen LogP contribution in [-0.4, -0.2) is 42.1 Å². The fourth-order valence-corrected chi connectivity index (χ4v) is 1.62. The molecule has 0 aromatic rings. The third-order valence-corrected chi connectivity index (χ3v) is 2.43. The highest BCUT2D eigenvalue weighted by molar-refractivity contribution is 5.87. The van der Waals surface area contributed by atoms with E-state index in [0.29, 0.717) is 13.0 Å². The molecule has 1 rings (SSSR count). The van der Waals surface area contributed by atoms with Crippen LogP contribution < -0.4 is 11.1 Å². The first-order chi connectivity index (χ1) is 7.54. The summed E-state index contributed by atoms with van der Waals surface area (Å²) in [6.45, 7) is -0.202. The lowest BCUT2D eigenvalue weighted by Gasteiger charge is -2.16. The molecule has 0 unspecified atom stereocenters. The molecule has 0 bridgehead atoms. The van der Waals surface area contributed by atoms with Gasteiger partial charge in [0.15, 0.2) is 11.9 Å². The van der Waals surface area contributed by atoms with E-state index in [1.54, 1.807) is 0 Å². The summed E-state index contributed by atoms with van der Waals surface area (Å²) in [5.74, 6) is -1.21. The Morgan fingerprint density at radius 2 is 2.31 bits per heavy atom. The fourth-order valence-electron chi connectivity index (χ4n) is 1.62. The van der Waals surface area contributed by atoms with Crippen molar-refractivity contribution in [1.29, 1.82) is 0 Å². The van der Waals surface area contributed by atoms with Crippen molar-refractivity contribution < 1.29 is 24.2 Å². The number of Topliss-reactive ketones (excluding diaryl/α,β-unsaturated/α-hetero) is 1. The lowest BCUT2D eigenvalue weighted by Crippen LogP contribution is -2.35. The quantitative estimate of drug-likeness (QED) is 0.533. The van der Waals surface area contributed by atoms with E-state index in [1.165, 1.54) is 0 Å². The van der Waals surface area contributed by atoms with E-state index in [4.69, 9.17) is 10.8 Å². The van der Waals surface area contributed by atoms with Gasteiger partial charge in [-0.25, -0.2) is 4.79 Å². The van der Waals surface area contributed by atoms with Crippen molar-refractivity contribution in [2.24, 2.45) is 11.7 Å². The predicted molar refractivity (Wildman–Crippen MR) is 52.3 cm³/mol. The molecule has 0 spiro atoms. The highest BCUT2D eigenvalue weighted by Crippen LogP contribution is 2.18. The smallest absolute Gasteiger partial charge is 0.405 e. The molecule has 7 heteroatoms. The highest BCUT2D eigenvalue weighted by atomic mass is 16.6. The molecule has 2 atom stereocenters. The number of nitrogens with two attached hydrogens (primary N) is 1. The SMILES string of the molecule is NC(=O)O[C@@H](C[C@@H]1CCNC1=O)C(=O)CO. The van der Waals surface area contributed by atoms with Crippen molar-refractivity contribution in [3.63, 3.8) is 0 Å². The average molecular weight is 230 g/mol. The van der Waals surface area contributed by atoms with Crippen LogP contribution in [0.1, 0.15) is 12.8 Å². The maximum atomic E-state index is 11.2. The van der Waals surface area contributed by atoms with Crippen LogP contribution in [0.3, 0.4) is 0 Å². The number of amides is 2. The zero-order valence-electron chi connectivity index (χ0n) is 8.64. The molecule has 16 heavy (non-hydrogen) atoms. The molecular formula is C9H14N2O5. The van der Waals surface area contributed by atoms with Crippen molar-refractivity contribution in [1.82, 2.24) is 5.32 Å². The topological polar surface area (TPSA) is 119 Å². The Kier molecular flexibility index (Phi) is 4.24. The fraction of sp³-hybridized carbons (Fsp3) is 0.667. The van der Waals surface area contributed by atoms with Gasteiger partial charge in [-0.2, -0.15) is 0 Å². The summed E-state index contributed by atoms with van der Waals surface area (Å²) in [6, 6.07) is 0. The van der Waals surface area contributed by atoms with Crippen LogP contribution in [0.5, 0.6) is 0 Å². The third-order valence-electron chi connectivity index (χ3n) is 2.43. The van der Waals surface area contributed by atoms with Crippen molar-refractivity contribution in [2.75, 3.05) is 13.2 Å². The third kappa shape index (κ3) is 3.20. The van der Waals surface area contributed by atoms with Crippen LogP contribution in [0.15, 0.2) is 0 Å². The van der Waals surface area contributed by atoms with Crippen molar-refractivity contribution in [2.45, 2.75) is 18.9 Å². The van der Waals surface area contributed by atoms with Gasteiger partial charge >= 0.3 is 6.09 Å². The highest BCUT2D eigenvalue weighted by Gasteiger charge is 2.31. The Labute approximate surface area is 91.9 Å². The van der Waals surface area contributed by atoms with Gasteiger partial charge in [0.2, 0.25) is 5.91 Å². The summed E-state index contributed by atoms with van der Waals surface area (Å²) >= 11 is 0. The van der Waals surface area contributed by atoms with Gasteiger partial charge in [0.05, 0.1) is 0 Å². The maximum absolute atomic E-state index is 11.2. The van der Waals surface area contributed by atoms with E-state index in [9.17, 15) is 14.4 Å². The molecule has 90 valence electrons. The molecule has 4 N–H and O–H groups in total. The second kappa shape index (κ2) is 5.45. The first-order valence-corrected chi connectivity index (χ1v) is 4.92. The number of hydrogen-bond acceptors (Lipinski definition) is 5.